The number of rotatable bonds is 1. The monoisotopic (exact) mass is 250 g/mol. The van der Waals surface area contributed by atoms with Gasteiger partial charge < -0.3 is 5.32 Å². The summed E-state index contributed by atoms with van der Waals surface area (Å²) in [5.74, 6) is 1.74. The van der Waals surface area contributed by atoms with Gasteiger partial charge in [-0.25, -0.2) is 4.39 Å². The molecule has 0 saturated heterocycles. The Labute approximate surface area is 105 Å². The fourth-order valence-electron chi connectivity index (χ4n) is 2.48. The summed E-state index contributed by atoms with van der Waals surface area (Å²) in [5.41, 5.74) is 0.911. The second-order valence-electron chi connectivity index (χ2n) is 4.64. The zero-order valence-electron chi connectivity index (χ0n) is 9.53. The number of anilines is 1. The van der Waals surface area contributed by atoms with Crippen molar-refractivity contribution in [3.63, 3.8) is 0 Å². The molecule has 2 atom stereocenters. The van der Waals surface area contributed by atoms with E-state index in [1.807, 2.05) is 0 Å². The third-order valence-electron chi connectivity index (χ3n) is 3.43. The van der Waals surface area contributed by atoms with E-state index in [1.54, 1.807) is 23.9 Å². The lowest BCUT2D eigenvalue weighted by atomic mass is 10.1. The molecule has 1 saturated carbocycles. The van der Waals surface area contributed by atoms with E-state index in [0.29, 0.717) is 6.04 Å². The van der Waals surface area contributed by atoms with Gasteiger partial charge in [-0.2, -0.15) is 0 Å². The number of aliphatic imine (C=N–C) groups is 1. The highest BCUT2D eigenvalue weighted by molar-refractivity contribution is 8.14. The van der Waals surface area contributed by atoms with E-state index >= 15 is 0 Å². The Kier molecular flexibility index (Phi) is 3.05. The highest BCUT2D eigenvalue weighted by Crippen LogP contribution is 2.35. The van der Waals surface area contributed by atoms with Crippen molar-refractivity contribution in [3.8, 4) is 0 Å². The molecular weight excluding hydrogens is 235 g/mol. The molecule has 0 amide bonds. The molecule has 1 aromatic rings. The molecule has 1 N–H and O–H groups in total. The third kappa shape index (κ3) is 2.46. The first-order chi connectivity index (χ1) is 8.31. The van der Waals surface area contributed by atoms with Crippen LogP contribution in [-0.4, -0.2) is 17.0 Å². The van der Waals surface area contributed by atoms with Gasteiger partial charge in [0.2, 0.25) is 0 Å². The fourth-order valence-corrected chi connectivity index (χ4v) is 3.64. The molecule has 3 rings (SSSR count). The summed E-state index contributed by atoms with van der Waals surface area (Å²) in [6.45, 7) is 0. The predicted octanol–water partition coefficient (Wildman–Crippen LogP) is 3.51. The fraction of sp³-hybridized carbons (Fsp3) is 0.462. The number of thioether (sulfide) groups is 1. The molecule has 2 nitrogen and oxygen atoms in total. The molecular formula is C13H15FN2S. The molecule has 0 spiro atoms. The molecule has 1 aromatic carbocycles. The van der Waals surface area contributed by atoms with Crippen LogP contribution in [0.1, 0.15) is 19.3 Å². The highest BCUT2D eigenvalue weighted by atomic mass is 32.2. The molecule has 2 unspecified atom stereocenters. The van der Waals surface area contributed by atoms with E-state index in [9.17, 15) is 4.39 Å². The maximum atomic E-state index is 12.8. The number of fused-ring (bicyclic) bond motifs is 1. The maximum Gasteiger partial charge on any atom is 0.161 e. The van der Waals surface area contributed by atoms with Crippen molar-refractivity contribution in [1.82, 2.24) is 0 Å². The van der Waals surface area contributed by atoms with Gasteiger partial charge in [-0.15, -0.1) is 0 Å². The van der Waals surface area contributed by atoms with Gasteiger partial charge >= 0.3 is 0 Å². The predicted molar refractivity (Wildman–Crippen MR) is 71.0 cm³/mol. The number of nitrogens with one attached hydrogen (secondary N) is 1. The smallest absolute Gasteiger partial charge is 0.161 e. The minimum absolute atomic E-state index is 0.204. The first-order valence-electron chi connectivity index (χ1n) is 6.04. The normalized spacial score (nSPS) is 27.5. The van der Waals surface area contributed by atoms with Crippen LogP contribution in [0.25, 0.3) is 0 Å². The summed E-state index contributed by atoms with van der Waals surface area (Å²) < 4.78 is 12.8. The lowest BCUT2D eigenvalue weighted by Crippen LogP contribution is -2.25. The Bertz CT molecular complexity index is 430. The molecule has 4 heteroatoms. The molecule has 0 radical (unpaired) electrons. The minimum Gasteiger partial charge on any atom is -0.335 e. The van der Waals surface area contributed by atoms with Gasteiger partial charge in [0, 0.05) is 11.4 Å². The first kappa shape index (κ1) is 11.1. The quantitative estimate of drug-likeness (QED) is 0.825. The average molecular weight is 250 g/mol. The van der Waals surface area contributed by atoms with Gasteiger partial charge in [-0.3, -0.25) is 4.99 Å². The molecule has 1 fully saturated rings. The molecule has 0 aromatic heterocycles. The van der Waals surface area contributed by atoms with Crippen LogP contribution >= 0.6 is 11.8 Å². The zero-order chi connectivity index (χ0) is 11.7. The van der Waals surface area contributed by atoms with Crippen molar-refractivity contribution in [2.24, 2.45) is 10.9 Å². The SMILES string of the molecule is Fc1ccc(NC2=NC3CCCC3CS2)cc1. The summed E-state index contributed by atoms with van der Waals surface area (Å²) in [6.07, 6.45) is 3.86. The Morgan fingerprint density at radius 3 is 2.88 bits per heavy atom. The summed E-state index contributed by atoms with van der Waals surface area (Å²) in [6, 6.07) is 6.95. The van der Waals surface area contributed by atoms with Gasteiger partial charge in [0.25, 0.3) is 0 Å². The van der Waals surface area contributed by atoms with Crippen molar-refractivity contribution in [2.45, 2.75) is 25.3 Å². The lowest BCUT2D eigenvalue weighted by Gasteiger charge is -2.23. The first-order valence-corrected chi connectivity index (χ1v) is 7.03. The van der Waals surface area contributed by atoms with E-state index in [1.165, 1.54) is 31.4 Å². The van der Waals surface area contributed by atoms with Crippen LogP contribution in [0.5, 0.6) is 0 Å². The largest absolute Gasteiger partial charge is 0.335 e. The Balaban J connectivity index is 1.71. The highest BCUT2D eigenvalue weighted by Gasteiger charge is 2.30. The van der Waals surface area contributed by atoms with Crippen LogP contribution in [0.3, 0.4) is 0 Å². The van der Waals surface area contributed by atoms with Crippen LogP contribution in [0.2, 0.25) is 0 Å². The maximum absolute atomic E-state index is 12.8. The molecule has 0 bridgehead atoms. The second kappa shape index (κ2) is 4.69. The molecule has 90 valence electrons. The van der Waals surface area contributed by atoms with E-state index in [4.69, 9.17) is 4.99 Å². The Morgan fingerprint density at radius 2 is 2.06 bits per heavy atom. The van der Waals surface area contributed by atoms with Crippen LogP contribution < -0.4 is 5.32 Å². The van der Waals surface area contributed by atoms with Crippen LogP contribution in [0, 0.1) is 11.7 Å². The van der Waals surface area contributed by atoms with Crippen molar-refractivity contribution < 1.29 is 4.39 Å². The summed E-state index contributed by atoms with van der Waals surface area (Å²) in [7, 11) is 0. The van der Waals surface area contributed by atoms with Crippen molar-refractivity contribution in [1.29, 1.82) is 0 Å². The summed E-state index contributed by atoms with van der Waals surface area (Å²) in [5, 5.41) is 4.25. The van der Waals surface area contributed by atoms with Crippen LogP contribution in [-0.2, 0) is 0 Å². The number of hydrogen-bond acceptors (Lipinski definition) is 3. The third-order valence-corrected chi connectivity index (χ3v) is 4.51. The zero-order valence-corrected chi connectivity index (χ0v) is 10.3. The van der Waals surface area contributed by atoms with Crippen molar-refractivity contribution >= 4 is 22.6 Å². The van der Waals surface area contributed by atoms with E-state index < -0.39 is 0 Å². The van der Waals surface area contributed by atoms with Gasteiger partial charge in [0.05, 0.1) is 6.04 Å². The van der Waals surface area contributed by atoms with E-state index in [0.717, 1.165) is 22.5 Å². The number of benzene rings is 1. The number of nitrogens with zero attached hydrogens (tertiary/aromatic N) is 1. The number of amidine groups is 1. The van der Waals surface area contributed by atoms with Gasteiger partial charge in [-0.1, -0.05) is 18.2 Å². The Morgan fingerprint density at radius 1 is 1.24 bits per heavy atom. The average Bonchev–Trinajstić information content (AvgIpc) is 2.79. The standard InChI is InChI=1S/C13H15FN2S/c14-10-4-6-11(7-5-10)15-13-16-12-3-1-2-9(12)8-17-13/h4-7,9,12H,1-3,8H2,(H,15,16). The van der Waals surface area contributed by atoms with Gasteiger partial charge in [-0.05, 0) is 43.0 Å². The van der Waals surface area contributed by atoms with Gasteiger partial charge in [0.1, 0.15) is 5.82 Å². The summed E-state index contributed by atoms with van der Waals surface area (Å²) >= 11 is 1.78. The molecule has 17 heavy (non-hydrogen) atoms. The van der Waals surface area contributed by atoms with Crippen molar-refractivity contribution in [2.75, 3.05) is 11.1 Å². The lowest BCUT2D eigenvalue weighted by molar-refractivity contribution is 0.535. The minimum atomic E-state index is -0.204. The van der Waals surface area contributed by atoms with E-state index in [-0.39, 0.29) is 5.82 Å². The van der Waals surface area contributed by atoms with Crippen LogP contribution in [0.15, 0.2) is 29.3 Å². The molecule has 1 aliphatic carbocycles. The Hall–Kier alpha value is -1.03. The van der Waals surface area contributed by atoms with Crippen LogP contribution in [0.4, 0.5) is 10.1 Å². The topological polar surface area (TPSA) is 24.4 Å². The number of hydrogen-bond donors (Lipinski definition) is 1. The second-order valence-corrected chi connectivity index (χ2v) is 5.64. The molecule has 2 aliphatic rings. The summed E-state index contributed by atoms with van der Waals surface area (Å²) in [4.78, 5) is 4.74. The van der Waals surface area contributed by atoms with Gasteiger partial charge in [0.15, 0.2) is 5.17 Å². The van der Waals surface area contributed by atoms with Crippen molar-refractivity contribution in [3.05, 3.63) is 30.1 Å². The number of halogens is 1. The molecule has 1 aliphatic heterocycles. The van der Waals surface area contributed by atoms with E-state index in [2.05, 4.69) is 5.32 Å². The molecule has 1 heterocycles.